The second-order valence-electron chi connectivity index (χ2n) is 8.62. The van der Waals surface area contributed by atoms with Crippen LogP contribution in [0.25, 0.3) is 21.5 Å². The lowest BCUT2D eigenvalue weighted by Gasteiger charge is -2.43. The van der Waals surface area contributed by atoms with Crippen molar-refractivity contribution in [1.82, 2.24) is 9.71 Å². The first-order valence-corrected chi connectivity index (χ1v) is 12.3. The fraction of sp³-hybridized carbons (Fsp3) is 0.500. The zero-order chi connectivity index (χ0) is 23.1. The van der Waals surface area contributed by atoms with Crippen LogP contribution in [0.5, 0.6) is 0 Å². The Hall–Kier alpha value is -1.51. The van der Waals surface area contributed by atoms with Crippen LogP contribution >= 0.6 is 22.9 Å². The maximum Gasteiger partial charge on any atom is 0.417 e. The molecule has 0 saturated carbocycles. The molecule has 1 aromatic carbocycles. The number of alkyl halides is 3. The van der Waals surface area contributed by atoms with E-state index in [9.17, 15) is 13.2 Å². The van der Waals surface area contributed by atoms with E-state index in [1.807, 2.05) is 0 Å². The van der Waals surface area contributed by atoms with E-state index in [0.717, 1.165) is 17.4 Å². The monoisotopic (exact) mass is 486 g/mol. The van der Waals surface area contributed by atoms with E-state index in [4.69, 9.17) is 16.1 Å². The molecule has 0 aliphatic rings. The van der Waals surface area contributed by atoms with Crippen molar-refractivity contribution in [2.75, 3.05) is 0 Å². The third-order valence-corrected chi connectivity index (χ3v) is 9.55. The first-order valence-electron chi connectivity index (χ1n) is 10.2. The number of hydrogen-bond acceptors (Lipinski definition) is 3. The fourth-order valence-corrected chi connectivity index (χ4v) is 6.77. The molecule has 0 spiro atoms. The zero-order valence-corrected chi connectivity index (χ0v) is 20.9. The number of aromatic nitrogens is 2. The molecule has 0 aliphatic carbocycles. The normalized spacial score (nSPS) is 13.2. The van der Waals surface area contributed by atoms with E-state index in [-0.39, 0.29) is 24.8 Å². The molecule has 2 aromatic heterocycles. The van der Waals surface area contributed by atoms with Gasteiger partial charge in [-0.3, -0.25) is 0 Å². The molecule has 3 rings (SSSR count). The van der Waals surface area contributed by atoms with Gasteiger partial charge in [0.15, 0.2) is 10.1 Å². The molecule has 0 saturated heterocycles. The minimum Gasteiger partial charge on any atom is -0.466 e. The summed E-state index contributed by atoms with van der Waals surface area (Å²) in [7, 11) is 0.104. The van der Waals surface area contributed by atoms with Crippen molar-refractivity contribution in [2.24, 2.45) is 17.8 Å². The maximum absolute atomic E-state index is 13.6. The number of nitrogens with zero attached hydrogens (tertiary/aromatic N) is 2. The van der Waals surface area contributed by atoms with Gasteiger partial charge in [-0.1, -0.05) is 82.7 Å². The number of thiazole rings is 1. The van der Waals surface area contributed by atoms with E-state index >= 15 is 0 Å². The Labute approximate surface area is 192 Å². The summed E-state index contributed by atoms with van der Waals surface area (Å²) in [6, 6.07) is 5.55. The maximum atomic E-state index is 13.6. The highest BCUT2D eigenvalue weighted by atomic mass is 35.5. The van der Waals surface area contributed by atoms with E-state index in [1.165, 1.54) is 16.9 Å². The Kier molecular flexibility index (Phi) is 6.84. The molecule has 2 radical (unpaired) electrons. The predicted octanol–water partition coefficient (Wildman–Crippen LogP) is 7.61. The van der Waals surface area contributed by atoms with Crippen molar-refractivity contribution in [2.45, 2.75) is 52.8 Å². The SMILES string of the molecule is CC(C)C([Si]On1cc(-c2ccccc2C(F)(F)F)c2sc(Cl)nc21)(C(C)C)C(C)C. The van der Waals surface area contributed by atoms with Gasteiger partial charge in [0.2, 0.25) is 0 Å². The van der Waals surface area contributed by atoms with Gasteiger partial charge in [-0.2, -0.15) is 17.9 Å². The molecule has 3 aromatic rings. The van der Waals surface area contributed by atoms with Gasteiger partial charge < -0.3 is 4.53 Å². The standard InChI is InChI=1S/C22H26ClF3N2OSSi/c1-12(2)21(13(3)4,14(5)6)31-29-28-11-16(18-19(28)27-20(23)30-18)15-9-7-8-10-17(15)22(24,25)26/h7-14H,1-6H3. The van der Waals surface area contributed by atoms with Crippen LogP contribution in [0.3, 0.4) is 0 Å². The van der Waals surface area contributed by atoms with Crippen LogP contribution in [0.15, 0.2) is 30.5 Å². The smallest absolute Gasteiger partial charge is 0.417 e. The lowest BCUT2D eigenvalue weighted by atomic mass is 9.76. The van der Waals surface area contributed by atoms with Gasteiger partial charge in [0.25, 0.3) is 0 Å². The van der Waals surface area contributed by atoms with E-state index in [0.29, 0.717) is 33.7 Å². The van der Waals surface area contributed by atoms with Crippen molar-refractivity contribution in [3.8, 4) is 11.1 Å². The molecular formula is C22H26ClF3N2OSSi. The molecule has 0 N–H and O–H groups in total. The molecule has 9 heteroatoms. The molecule has 0 bridgehead atoms. The summed E-state index contributed by atoms with van der Waals surface area (Å²) in [6.07, 6.45) is -2.86. The lowest BCUT2D eigenvalue weighted by Crippen LogP contribution is -2.41. The van der Waals surface area contributed by atoms with E-state index in [2.05, 4.69) is 46.5 Å². The van der Waals surface area contributed by atoms with Crippen molar-refractivity contribution in [3.05, 3.63) is 40.5 Å². The lowest BCUT2D eigenvalue weighted by molar-refractivity contribution is -0.137. The second kappa shape index (κ2) is 8.79. The minimum absolute atomic E-state index is 0.0829. The summed E-state index contributed by atoms with van der Waals surface area (Å²) >= 11 is 7.30. The summed E-state index contributed by atoms with van der Waals surface area (Å²) in [4.78, 5) is 4.33. The van der Waals surface area contributed by atoms with Gasteiger partial charge in [0.1, 0.15) is 0 Å². The third kappa shape index (κ3) is 4.39. The van der Waals surface area contributed by atoms with Gasteiger partial charge in [-0.05, 0) is 29.4 Å². The largest absolute Gasteiger partial charge is 0.466 e. The van der Waals surface area contributed by atoms with Crippen LogP contribution in [-0.2, 0) is 6.18 Å². The van der Waals surface area contributed by atoms with Gasteiger partial charge >= 0.3 is 15.9 Å². The number of fused-ring (bicyclic) bond motifs is 1. The highest BCUT2D eigenvalue weighted by Crippen LogP contribution is 2.49. The first kappa shape index (κ1) is 24.1. The molecule has 0 atom stereocenters. The number of hydrogen-bond donors (Lipinski definition) is 0. The summed E-state index contributed by atoms with van der Waals surface area (Å²) in [5.41, 5.74) is 0.261. The van der Waals surface area contributed by atoms with Crippen LogP contribution in [0.2, 0.25) is 9.51 Å². The predicted molar refractivity (Wildman–Crippen MR) is 123 cm³/mol. The fourth-order valence-electron chi connectivity index (χ4n) is 4.56. The molecule has 3 nitrogen and oxygen atoms in total. The first-order chi connectivity index (χ1) is 14.4. The number of benzene rings is 1. The van der Waals surface area contributed by atoms with Crippen LogP contribution in [-0.4, -0.2) is 19.5 Å². The minimum atomic E-state index is -4.47. The molecule has 0 amide bonds. The van der Waals surface area contributed by atoms with Crippen molar-refractivity contribution in [1.29, 1.82) is 0 Å². The summed E-state index contributed by atoms with van der Waals surface area (Å²) in [6.45, 7) is 13.1. The Balaban J connectivity index is 2.10. The topological polar surface area (TPSA) is 27.1 Å². The van der Waals surface area contributed by atoms with Gasteiger partial charge in [-0.15, -0.1) is 0 Å². The molecular weight excluding hydrogens is 461 g/mol. The van der Waals surface area contributed by atoms with Crippen molar-refractivity contribution < 1.29 is 17.7 Å². The molecule has 168 valence electrons. The summed E-state index contributed by atoms with van der Waals surface area (Å²) in [5, 5.41) is -0.0829. The van der Waals surface area contributed by atoms with Gasteiger partial charge in [-0.25, -0.2) is 4.98 Å². The Morgan fingerprint density at radius 1 is 1.00 bits per heavy atom. The molecule has 31 heavy (non-hydrogen) atoms. The Bertz CT molecular complexity index is 1040. The average Bonchev–Trinajstić information content (AvgIpc) is 3.18. The summed E-state index contributed by atoms with van der Waals surface area (Å²) < 4.78 is 49.5. The van der Waals surface area contributed by atoms with Crippen LogP contribution in [0, 0.1) is 17.8 Å². The van der Waals surface area contributed by atoms with Crippen molar-refractivity contribution in [3.63, 3.8) is 0 Å². The molecule has 0 fully saturated rings. The molecule has 0 aliphatic heterocycles. The second-order valence-corrected chi connectivity index (χ2v) is 11.5. The average molecular weight is 487 g/mol. The summed E-state index contributed by atoms with van der Waals surface area (Å²) in [5.74, 6) is 1.09. The van der Waals surface area contributed by atoms with Gasteiger partial charge in [0, 0.05) is 10.6 Å². The highest BCUT2D eigenvalue weighted by molar-refractivity contribution is 7.22. The third-order valence-electron chi connectivity index (χ3n) is 5.99. The van der Waals surface area contributed by atoms with E-state index in [1.54, 1.807) is 12.3 Å². The number of halogens is 4. The highest BCUT2D eigenvalue weighted by Gasteiger charge is 2.44. The molecule has 2 heterocycles. The van der Waals surface area contributed by atoms with Crippen LogP contribution < -0.4 is 4.53 Å². The van der Waals surface area contributed by atoms with Crippen LogP contribution in [0.4, 0.5) is 13.2 Å². The quantitative estimate of drug-likeness (QED) is 0.321. The zero-order valence-electron chi connectivity index (χ0n) is 18.3. The van der Waals surface area contributed by atoms with Gasteiger partial charge in [0.05, 0.1) is 16.5 Å². The molecule has 0 unspecified atom stereocenters. The number of rotatable bonds is 7. The Morgan fingerprint density at radius 2 is 1.58 bits per heavy atom. The van der Waals surface area contributed by atoms with E-state index < -0.39 is 11.7 Å². The van der Waals surface area contributed by atoms with Crippen molar-refractivity contribution >= 4 is 43.0 Å². The van der Waals surface area contributed by atoms with Crippen LogP contribution in [0.1, 0.15) is 47.1 Å². The Morgan fingerprint density at radius 3 is 2.13 bits per heavy atom.